The van der Waals surface area contributed by atoms with E-state index in [1.807, 2.05) is 30.3 Å². The van der Waals surface area contributed by atoms with Gasteiger partial charge in [0, 0.05) is 12.1 Å². The summed E-state index contributed by atoms with van der Waals surface area (Å²) in [5.74, 6) is -0.734. The molecule has 1 fully saturated rings. The zero-order valence-electron chi connectivity index (χ0n) is 18.4. The van der Waals surface area contributed by atoms with Crippen LogP contribution < -0.4 is 4.74 Å². The van der Waals surface area contributed by atoms with Crippen molar-refractivity contribution in [1.29, 1.82) is 0 Å². The van der Waals surface area contributed by atoms with Crippen LogP contribution in [0, 0.1) is 0 Å². The quantitative estimate of drug-likeness (QED) is 0.378. The first-order valence-corrected chi connectivity index (χ1v) is 10.7. The Morgan fingerprint density at radius 2 is 1.68 bits per heavy atom. The molecule has 2 aromatic rings. The van der Waals surface area contributed by atoms with Gasteiger partial charge in [-0.25, -0.2) is 0 Å². The van der Waals surface area contributed by atoms with E-state index in [-0.39, 0.29) is 11.3 Å². The maximum Gasteiger partial charge on any atom is 0.295 e. The molecular formula is C25H30N2O4. The van der Waals surface area contributed by atoms with Gasteiger partial charge in [-0.3, -0.25) is 9.59 Å². The molecule has 3 rings (SSSR count). The van der Waals surface area contributed by atoms with E-state index in [2.05, 4.69) is 18.7 Å². The number of amides is 1. The van der Waals surface area contributed by atoms with Crippen LogP contribution in [-0.2, 0) is 9.59 Å². The average Bonchev–Trinajstić information content (AvgIpc) is 3.07. The molecule has 0 spiro atoms. The average molecular weight is 423 g/mol. The summed E-state index contributed by atoms with van der Waals surface area (Å²) < 4.78 is 5.17. The second-order valence-electron chi connectivity index (χ2n) is 7.51. The molecule has 0 saturated carbocycles. The van der Waals surface area contributed by atoms with Gasteiger partial charge >= 0.3 is 0 Å². The van der Waals surface area contributed by atoms with Crippen LogP contribution in [0.15, 0.2) is 60.2 Å². The lowest BCUT2D eigenvalue weighted by atomic mass is 9.95. The van der Waals surface area contributed by atoms with E-state index in [1.54, 1.807) is 36.3 Å². The fraction of sp³-hybridized carbons (Fsp3) is 0.360. The molecule has 0 bridgehead atoms. The van der Waals surface area contributed by atoms with Gasteiger partial charge in [0.25, 0.3) is 11.7 Å². The monoisotopic (exact) mass is 422 g/mol. The summed E-state index contributed by atoms with van der Waals surface area (Å²) >= 11 is 0. The third kappa shape index (κ3) is 4.80. The lowest BCUT2D eigenvalue weighted by molar-refractivity contribution is -0.140. The first-order valence-electron chi connectivity index (χ1n) is 10.7. The van der Waals surface area contributed by atoms with Crippen molar-refractivity contribution in [3.8, 4) is 5.75 Å². The van der Waals surface area contributed by atoms with Gasteiger partial charge in [0.05, 0.1) is 18.7 Å². The number of methoxy groups -OCH3 is 1. The van der Waals surface area contributed by atoms with Crippen molar-refractivity contribution < 1.29 is 19.4 Å². The maximum atomic E-state index is 13.0. The second-order valence-corrected chi connectivity index (χ2v) is 7.51. The summed E-state index contributed by atoms with van der Waals surface area (Å²) in [6.45, 7) is 7.38. The van der Waals surface area contributed by atoms with E-state index in [1.165, 1.54) is 0 Å². The smallest absolute Gasteiger partial charge is 0.295 e. The number of likely N-dealkylation sites (tertiary alicyclic amines) is 1. The molecule has 1 atom stereocenters. The van der Waals surface area contributed by atoms with E-state index < -0.39 is 17.7 Å². The van der Waals surface area contributed by atoms with E-state index in [4.69, 9.17) is 4.74 Å². The fourth-order valence-corrected chi connectivity index (χ4v) is 4.00. The highest BCUT2D eigenvalue weighted by atomic mass is 16.5. The van der Waals surface area contributed by atoms with Crippen molar-refractivity contribution in [2.45, 2.75) is 26.3 Å². The predicted molar refractivity (Wildman–Crippen MR) is 121 cm³/mol. The molecule has 1 N–H and O–H groups in total. The van der Waals surface area contributed by atoms with Gasteiger partial charge in [-0.05, 0) is 55.9 Å². The molecule has 1 amide bonds. The number of aliphatic hydroxyl groups is 1. The highest BCUT2D eigenvalue weighted by Gasteiger charge is 2.45. The highest BCUT2D eigenvalue weighted by Crippen LogP contribution is 2.39. The van der Waals surface area contributed by atoms with E-state index >= 15 is 0 Å². The van der Waals surface area contributed by atoms with Crippen LogP contribution in [0.1, 0.15) is 37.4 Å². The minimum Gasteiger partial charge on any atom is -0.507 e. The SMILES string of the molecule is CCN(CC)CCCN1C(=O)C(=O)/C(=C(/O)c2ccc(OC)cc2)[C@H]1c1ccccc1. The molecule has 6 heteroatoms. The Labute approximate surface area is 183 Å². The number of ether oxygens (including phenoxy) is 1. The maximum absolute atomic E-state index is 13.0. The van der Waals surface area contributed by atoms with Crippen LogP contribution in [0.3, 0.4) is 0 Å². The van der Waals surface area contributed by atoms with Gasteiger partial charge in [0.15, 0.2) is 0 Å². The summed E-state index contributed by atoms with van der Waals surface area (Å²) in [7, 11) is 1.56. The van der Waals surface area contributed by atoms with Gasteiger partial charge in [-0.1, -0.05) is 44.2 Å². The molecule has 2 aromatic carbocycles. The number of carbonyl (C=O) groups is 2. The minimum atomic E-state index is -0.648. The summed E-state index contributed by atoms with van der Waals surface area (Å²) in [6.07, 6.45) is 0.751. The molecule has 31 heavy (non-hydrogen) atoms. The van der Waals surface area contributed by atoms with Crippen LogP contribution in [0.2, 0.25) is 0 Å². The van der Waals surface area contributed by atoms with Crippen LogP contribution in [0.4, 0.5) is 0 Å². The van der Waals surface area contributed by atoms with E-state index in [9.17, 15) is 14.7 Å². The van der Waals surface area contributed by atoms with Crippen molar-refractivity contribution in [3.05, 3.63) is 71.3 Å². The first kappa shape index (κ1) is 22.6. The molecule has 0 unspecified atom stereocenters. The van der Waals surface area contributed by atoms with Crippen LogP contribution in [0.5, 0.6) is 5.75 Å². The van der Waals surface area contributed by atoms with Gasteiger partial charge < -0.3 is 19.6 Å². The zero-order valence-corrected chi connectivity index (χ0v) is 18.4. The number of aliphatic hydroxyl groups excluding tert-OH is 1. The number of nitrogens with zero attached hydrogens (tertiary/aromatic N) is 2. The Morgan fingerprint density at radius 1 is 1.03 bits per heavy atom. The third-order valence-corrected chi connectivity index (χ3v) is 5.79. The van der Waals surface area contributed by atoms with E-state index in [0.717, 1.165) is 31.6 Å². The zero-order chi connectivity index (χ0) is 22.4. The molecule has 1 heterocycles. The number of rotatable bonds is 9. The van der Waals surface area contributed by atoms with Crippen LogP contribution in [0.25, 0.3) is 5.76 Å². The Balaban J connectivity index is 1.98. The molecule has 6 nitrogen and oxygen atoms in total. The number of hydrogen-bond donors (Lipinski definition) is 1. The summed E-state index contributed by atoms with van der Waals surface area (Å²) in [6, 6.07) is 15.6. The lowest BCUT2D eigenvalue weighted by Gasteiger charge is -2.26. The number of carbonyl (C=O) groups excluding carboxylic acids is 2. The van der Waals surface area contributed by atoms with Gasteiger partial charge in [0.2, 0.25) is 0 Å². The molecule has 1 saturated heterocycles. The Bertz CT molecular complexity index is 934. The Kier molecular flexibility index (Phi) is 7.47. The molecule has 1 aliphatic heterocycles. The molecule has 0 radical (unpaired) electrons. The Hall–Kier alpha value is -3.12. The fourth-order valence-electron chi connectivity index (χ4n) is 4.00. The van der Waals surface area contributed by atoms with Crippen molar-refractivity contribution in [2.24, 2.45) is 0 Å². The van der Waals surface area contributed by atoms with Gasteiger partial charge in [-0.2, -0.15) is 0 Å². The van der Waals surface area contributed by atoms with Crippen molar-refractivity contribution in [2.75, 3.05) is 33.3 Å². The summed E-state index contributed by atoms with van der Waals surface area (Å²) in [5, 5.41) is 11.0. The summed E-state index contributed by atoms with van der Waals surface area (Å²) in [5.41, 5.74) is 1.41. The second kappa shape index (κ2) is 10.3. The first-order chi connectivity index (χ1) is 15.0. The number of Topliss-reactive ketones (excluding diaryl/α,β-unsaturated/α-hetero) is 1. The highest BCUT2D eigenvalue weighted by molar-refractivity contribution is 6.46. The lowest BCUT2D eigenvalue weighted by Crippen LogP contribution is -2.33. The summed E-state index contributed by atoms with van der Waals surface area (Å²) in [4.78, 5) is 29.8. The van der Waals surface area contributed by atoms with E-state index in [0.29, 0.717) is 17.9 Å². The number of ketones is 1. The predicted octanol–water partition coefficient (Wildman–Crippen LogP) is 3.85. The molecule has 1 aliphatic rings. The van der Waals surface area contributed by atoms with Crippen molar-refractivity contribution in [3.63, 3.8) is 0 Å². The van der Waals surface area contributed by atoms with Crippen molar-refractivity contribution in [1.82, 2.24) is 9.80 Å². The van der Waals surface area contributed by atoms with Crippen LogP contribution >= 0.6 is 0 Å². The third-order valence-electron chi connectivity index (χ3n) is 5.79. The van der Waals surface area contributed by atoms with Crippen molar-refractivity contribution >= 4 is 17.4 Å². The number of hydrogen-bond acceptors (Lipinski definition) is 5. The number of benzene rings is 2. The molecule has 164 valence electrons. The molecular weight excluding hydrogens is 392 g/mol. The minimum absolute atomic E-state index is 0.129. The molecule has 0 aromatic heterocycles. The van der Waals surface area contributed by atoms with Gasteiger partial charge in [-0.15, -0.1) is 0 Å². The normalized spacial score (nSPS) is 18.1. The van der Waals surface area contributed by atoms with Gasteiger partial charge in [0.1, 0.15) is 11.5 Å². The van der Waals surface area contributed by atoms with Crippen LogP contribution in [-0.4, -0.2) is 59.9 Å². The Morgan fingerprint density at radius 3 is 2.26 bits per heavy atom. The molecule has 0 aliphatic carbocycles. The standard InChI is InChI=1S/C25H30N2O4/c1-4-26(5-2)16-9-17-27-22(18-10-7-6-8-11-18)21(24(29)25(27)30)23(28)19-12-14-20(31-3)15-13-19/h6-8,10-15,22,28H,4-5,9,16-17H2,1-3H3/b23-21+/t22-/m1/s1. The largest absolute Gasteiger partial charge is 0.507 e. The topological polar surface area (TPSA) is 70.1 Å².